The maximum absolute atomic E-state index is 10.5. The second kappa shape index (κ2) is 5.37. The number of imidazole rings is 1. The third-order valence-corrected chi connectivity index (χ3v) is 2.59. The van der Waals surface area contributed by atoms with E-state index in [0.717, 1.165) is 5.98 Å². The molecule has 7 nitrogen and oxygen atoms in total. The summed E-state index contributed by atoms with van der Waals surface area (Å²) in [5.74, 6) is 1.43. The van der Waals surface area contributed by atoms with E-state index in [1.165, 1.54) is 6.33 Å². The zero-order chi connectivity index (χ0) is 12.3. The summed E-state index contributed by atoms with van der Waals surface area (Å²) < 4.78 is 6.75. The maximum atomic E-state index is 10.5. The minimum Gasteiger partial charge on any atom is -0.613 e. The Bertz CT molecular complexity index is 554. The van der Waals surface area contributed by atoms with Crippen LogP contribution in [0.1, 0.15) is 0 Å². The molecule has 17 heavy (non-hydrogen) atoms. The zero-order valence-electron chi connectivity index (χ0n) is 8.65. The van der Waals surface area contributed by atoms with Gasteiger partial charge in [0, 0.05) is 6.54 Å². The first kappa shape index (κ1) is 12.2. The molecule has 9 heteroatoms. The average Bonchev–Trinajstić information content (AvgIpc) is 2.69. The number of hydrogen-bond acceptors (Lipinski definition) is 6. The van der Waals surface area contributed by atoms with Gasteiger partial charge in [0.2, 0.25) is 5.98 Å². The fraction of sp³-hybridized carbons (Fsp3) is 0.250. The highest BCUT2D eigenvalue weighted by molar-refractivity contribution is 7.76. The molecule has 0 fully saturated rings. The second-order valence-electron chi connectivity index (χ2n) is 3.12. The lowest BCUT2D eigenvalue weighted by molar-refractivity contribution is -0.148. The average molecular weight is 274 g/mol. The van der Waals surface area contributed by atoms with Gasteiger partial charge in [-0.25, -0.2) is 15.0 Å². The van der Waals surface area contributed by atoms with E-state index >= 15 is 0 Å². The van der Waals surface area contributed by atoms with Crippen molar-refractivity contribution in [3.8, 4) is 0 Å². The van der Waals surface area contributed by atoms with E-state index in [9.17, 15) is 4.89 Å². The molecular formula is C8H9ClN5O2P. The van der Waals surface area contributed by atoms with E-state index in [0.29, 0.717) is 30.1 Å². The lowest BCUT2D eigenvalue weighted by Gasteiger charge is -2.01. The van der Waals surface area contributed by atoms with E-state index in [4.69, 9.17) is 21.7 Å². The molecule has 0 saturated carbocycles. The molecule has 2 aromatic rings. The highest BCUT2D eigenvalue weighted by Gasteiger charge is 2.07. The number of hydrogen-bond donors (Lipinski definition) is 1. The van der Waals surface area contributed by atoms with Crippen LogP contribution in [0, 0.1) is 0 Å². The van der Waals surface area contributed by atoms with Crippen molar-refractivity contribution in [2.75, 3.05) is 12.3 Å². The van der Waals surface area contributed by atoms with Crippen molar-refractivity contribution in [2.24, 2.45) is 0 Å². The Hall–Kier alpha value is -1.27. The molecule has 2 N–H and O–H groups in total. The summed E-state index contributed by atoms with van der Waals surface area (Å²) in [7, 11) is -1.90. The summed E-state index contributed by atoms with van der Waals surface area (Å²) >= 11 is 5.23. The highest BCUT2D eigenvalue weighted by Crippen LogP contribution is 2.15. The normalized spacial score (nSPS) is 12.2. The number of rotatable bonds is 4. The van der Waals surface area contributed by atoms with Crippen LogP contribution in [0.5, 0.6) is 0 Å². The number of nitrogens with zero attached hydrogens (tertiary/aromatic N) is 4. The predicted octanol–water partition coefficient (Wildman–Crippen LogP) is 0.0958. The first-order chi connectivity index (χ1) is 8.18. The summed E-state index contributed by atoms with van der Waals surface area (Å²) in [6, 6.07) is 0. The van der Waals surface area contributed by atoms with Crippen molar-refractivity contribution < 1.29 is 9.63 Å². The van der Waals surface area contributed by atoms with Gasteiger partial charge in [-0.3, -0.25) is 0 Å². The third kappa shape index (κ3) is 2.89. The molecule has 0 aliphatic heterocycles. The van der Waals surface area contributed by atoms with Crippen molar-refractivity contribution in [2.45, 2.75) is 6.54 Å². The smallest absolute Gasteiger partial charge is 0.228 e. The van der Waals surface area contributed by atoms with Gasteiger partial charge in [-0.1, -0.05) is 0 Å². The molecule has 0 aliphatic rings. The van der Waals surface area contributed by atoms with Crippen molar-refractivity contribution in [1.29, 1.82) is 0 Å². The number of anilines is 1. The van der Waals surface area contributed by atoms with E-state index < -0.39 is 7.12 Å². The van der Waals surface area contributed by atoms with Crippen LogP contribution >= 0.6 is 18.4 Å². The fourth-order valence-corrected chi connectivity index (χ4v) is 1.72. The lowest BCUT2D eigenvalue weighted by Crippen LogP contribution is -2.05. The first-order valence-corrected chi connectivity index (χ1v) is 6.90. The SMILES string of the molecule is Nc1ncnc2c1ncn2CCOC=[P+]([O-])Cl. The molecule has 0 bridgehead atoms. The number of halogens is 1. The van der Waals surface area contributed by atoms with E-state index in [1.807, 2.05) is 0 Å². The highest BCUT2D eigenvalue weighted by atomic mass is 35.7. The molecule has 0 aromatic carbocycles. The van der Waals surface area contributed by atoms with Gasteiger partial charge < -0.3 is 19.9 Å². The lowest BCUT2D eigenvalue weighted by atomic mass is 10.5. The molecule has 0 spiro atoms. The van der Waals surface area contributed by atoms with Crippen LogP contribution in [0.25, 0.3) is 11.2 Å². The molecule has 1 atom stereocenters. The molecule has 0 aliphatic carbocycles. The molecule has 0 radical (unpaired) electrons. The summed E-state index contributed by atoms with van der Waals surface area (Å²) in [4.78, 5) is 22.5. The van der Waals surface area contributed by atoms with Gasteiger partial charge in [0.1, 0.15) is 11.8 Å². The quantitative estimate of drug-likeness (QED) is 0.626. The summed E-state index contributed by atoms with van der Waals surface area (Å²) in [5.41, 5.74) is 6.83. The van der Waals surface area contributed by atoms with Crippen LogP contribution in [-0.2, 0) is 11.3 Å². The molecule has 2 heterocycles. The van der Waals surface area contributed by atoms with Gasteiger partial charge >= 0.3 is 0 Å². The molecular weight excluding hydrogens is 265 g/mol. The van der Waals surface area contributed by atoms with Gasteiger partial charge in [-0.2, -0.15) is 0 Å². The molecule has 90 valence electrons. The predicted molar refractivity (Wildman–Crippen MR) is 64.5 cm³/mol. The van der Waals surface area contributed by atoms with Gasteiger partial charge in [0.05, 0.1) is 12.9 Å². The Kier molecular flexibility index (Phi) is 3.86. The van der Waals surface area contributed by atoms with E-state index in [-0.39, 0.29) is 0 Å². The Morgan fingerprint density at radius 3 is 3.12 bits per heavy atom. The third-order valence-electron chi connectivity index (χ3n) is 2.04. The zero-order valence-corrected chi connectivity index (χ0v) is 10.3. The van der Waals surface area contributed by atoms with Gasteiger partial charge in [-0.05, 0) is 0 Å². The molecule has 0 saturated heterocycles. The van der Waals surface area contributed by atoms with Gasteiger partial charge in [-0.15, -0.1) is 0 Å². The topological polar surface area (TPSA) is 102 Å². The Morgan fingerprint density at radius 1 is 1.53 bits per heavy atom. The maximum Gasteiger partial charge on any atom is 0.228 e. The Labute approximate surface area is 102 Å². The van der Waals surface area contributed by atoms with Crippen molar-refractivity contribution in [3.05, 3.63) is 12.7 Å². The first-order valence-electron chi connectivity index (χ1n) is 4.67. The van der Waals surface area contributed by atoms with Crippen molar-refractivity contribution in [1.82, 2.24) is 19.5 Å². The largest absolute Gasteiger partial charge is 0.613 e. The van der Waals surface area contributed by atoms with E-state index in [2.05, 4.69) is 15.0 Å². The minimum atomic E-state index is -1.90. The molecule has 0 amide bonds. The molecule has 2 rings (SSSR count). The van der Waals surface area contributed by atoms with Gasteiger partial charge in [0.15, 0.2) is 29.8 Å². The minimum absolute atomic E-state index is 0.323. The number of aromatic nitrogens is 4. The van der Waals surface area contributed by atoms with Crippen LogP contribution in [0.15, 0.2) is 12.7 Å². The van der Waals surface area contributed by atoms with Crippen LogP contribution in [0.2, 0.25) is 0 Å². The van der Waals surface area contributed by atoms with Crippen molar-refractivity contribution in [3.63, 3.8) is 0 Å². The number of fused-ring (bicyclic) bond motifs is 1. The number of ether oxygens (including phenoxy) is 1. The van der Waals surface area contributed by atoms with Crippen molar-refractivity contribution >= 4 is 41.3 Å². The Balaban J connectivity index is 2.09. The van der Waals surface area contributed by atoms with Crippen LogP contribution in [-0.4, -0.2) is 32.1 Å². The Morgan fingerprint density at radius 2 is 2.35 bits per heavy atom. The van der Waals surface area contributed by atoms with E-state index in [1.54, 1.807) is 10.9 Å². The summed E-state index contributed by atoms with van der Waals surface area (Å²) in [5, 5.41) is 0. The van der Waals surface area contributed by atoms with Crippen LogP contribution in [0.4, 0.5) is 5.82 Å². The van der Waals surface area contributed by atoms with Gasteiger partial charge in [0.25, 0.3) is 0 Å². The summed E-state index contributed by atoms with van der Waals surface area (Å²) in [6.45, 7) is 0.826. The standard InChI is InChI=1S/C8H9ClN5O2P/c9-17(15)5-16-2-1-14-4-13-6-7(10)11-3-12-8(6)14/h3-5H,1-2H2,(H2,10,11,12). The molecule has 1 unspecified atom stereocenters. The van der Waals surface area contributed by atoms with Crippen LogP contribution < -0.4 is 10.6 Å². The van der Waals surface area contributed by atoms with Crippen LogP contribution in [0.3, 0.4) is 0 Å². The number of nitrogen functional groups attached to an aromatic ring is 1. The monoisotopic (exact) mass is 273 g/mol. The summed E-state index contributed by atoms with van der Waals surface area (Å²) in [6.07, 6.45) is 2.97. The molecule has 2 aromatic heterocycles. The number of nitrogens with two attached hydrogens (primary N) is 1. The second-order valence-corrected chi connectivity index (χ2v) is 4.87. The fourth-order valence-electron chi connectivity index (χ4n) is 1.32.